The summed E-state index contributed by atoms with van der Waals surface area (Å²) in [5.41, 5.74) is 9.53. The number of amides is 1. The molecule has 156 valence electrons. The number of aromatic amines is 2. The van der Waals surface area contributed by atoms with E-state index in [1.165, 1.54) is 0 Å². The normalized spacial score (nSPS) is 11.9. The molecule has 0 spiro atoms. The minimum atomic E-state index is -0.561. The number of aromatic nitrogens is 5. The molecule has 0 radical (unpaired) electrons. The fourth-order valence-electron chi connectivity index (χ4n) is 3.29. The number of carbonyl (C=O) groups is 1. The van der Waals surface area contributed by atoms with Crippen molar-refractivity contribution in [2.45, 2.75) is 39.8 Å². The van der Waals surface area contributed by atoms with E-state index in [4.69, 9.17) is 10.5 Å². The van der Waals surface area contributed by atoms with Crippen molar-refractivity contribution in [3.8, 4) is 11.3 Å². The van der Waals surface area contributed by atoms with Crippen LogP contribution in [-0.4, -0.2) is 48.3 Å². The van der Waals surface area contributed by atoms with Gasteiger partial charge < -0.3 is 20.4 Å². The van der Waals surface area contributed by atoms with E-state index < -0.39 is 5.60 Å². The minimum absolute atomic E-state index is 0.284. The predicted octanol–water partition coefficient (Wildman–Crippen LogP) is 3.84. The Hall–Kier alpha value is -3.62. The monoisotopic (exact) mass is 407 g/mol. The molecule has 0 atom stereocenters. The first-order valence-electron chi connectivity index (χ1n) is 9.81. The molecule has 4 N–H and O–H groups in total. The number of rotatable bonds is 4. The number of nitrogens with two attached hydrogens (primary N) is 1. The van der Waals surface area contributed by atoms with Crippen molar-refractivity contribution in [1.82, 2.24) is 30.0 Å². The molecule has 0 bridgehead atoms. The van der Waals surface area contributed by atoms with Gasteiger partial charge in [-0.2, -0.15) is 5.10 Å². The number of imidazole rings is 1. The lowest BCUT2D eigenvalue weighted by atomic mass is 10.1. The van der Waals surface area contributed by atoms with Crippen LogP contribution < -0.4 is 5.73 Å². The van der Waals surface area contributed by atoms with E-state index in [1.807, 2.05) is 52.0 Å². The van der Waals surface area contributed by atoms with Crippen molar-refractivity contribution in [2.75, 3.05) is 12.3 Å². The van der Waals surface area contributed by atoms with Gasteiger partial charge in [0, 0.05) is 23.7 Å². The predicted molar refractivity (Wildman–Crippen MR) is 116 cm³/mol. The van der Waals surface area contributed by atoms with Gasteiger partial charge in [-0.1, -0.05) is 6.07 Å². The van der Waals surface area contributed by atoms with E-state index in [-0.39, 0.29) is 12.6 Å². The zero-order valence-electron chi connectivity index (χ0n) is 17.5. The van der Waals surface area contributed by atoms with Gasteiger partial charge in [-0.15, -0.1) is 0 Å². The molecule has 4 rings (SSSR count). The standard InChI is InChI=1S/C21H25N7O2/c1-5-28(20(29)30-21(2,3)4)11-16-25-17-13-7-6-12(14-8-9-23-27-14)10-15(13)24-19(22)18(17)26-16/h6-10H,5,11H2,1-4H3,(H2,22,24)(H,23,27)(H,25,26). The van der Waals surface area contributed by atoms with Crippen molar-refractivity contribution >= 4 is 33.8 Å². The largest absolute Gasteiger partial charge is 0.444 e. The highest BCUT2D eigenvalue weighted by molar-refractivity contribution is 6.07. The van der Waals surface area contributed by atoms with Crippen LogP contribution >= 0.6 is 0 Å². The van der Waals surface area contributed by atoms with E-state index in [2.05, 4.69) is 25.1 Å². The summed E-state index contributed by atoms with van der Waals surface area (Å²) in [6.45, 7) is 8.20. The van der Waals surface area contributed by atoms with Crippen LogP contribution in [0.5, 0.6) is 0 Å². The molecule has 0 aliphatic rings. The molecule has 9 heteroatoms. The summed E-state index contributed by atoms with van der Waals surface area (Å²) in [4.78, 5) is 26.5. The maximum atomic E-state index is 12.5. The number of H-pyrrole nitrogens is 2. The van der Waals surface area contributed by atoms with Gasteiger partial charge in [0.25, 0.3) is 0 Å². The summed E-state index contributed by atoms with van der Waals surface area (Å²) in [5, 5.41) is 7.93. The number of nitrogens with zero attached hydrogens (tertiary/aromatic N) is 4. The first kappa shape index (κ1) is 19.7. The zero-order chi connectivity index (χ0) is 21.5. The molecular weight excluding hydrogens is 382 g/mol. The number of carbonyl (C=O) groups excluding carboxylic acids is 1. The van der Waals surface area contributed by atoms with Crippen LogP contribution in [-0.2, 0) is 11.3 Å². The molecule has 0 aliphatic carbocycles. The lowest BCUT2D eigenvalue weighted by Gasteiger charge is -2.25. The molecule has 0 saturated carbocycles. The number of hydrogen-bond donors (Lipinski definition) is 3. The van der Waals surface area contributed by atoms with Crippen LogP contribution in [0.25, 0.3) is 33.2 Å². The zero-order valence-corrected chi connectivity index (χ0v) is 17.5. The number of hydrogen-bond acceptors (Lipinski definition) is 6. The van der Waals surface area contributed by atoms with Crippen molar-refractivity contribution in [1.29, 1.82) is 0 Å². The first-order chi connectivity index (χ1) is 14.2. The fraction of sp³-hybridized carbons (Fsp3) is 0.333. The Morgan fingerprint density at radius 2 is 2.03 bits per heavy atom. The van der Waals surface area contributed by atoms with E-state index in [9.17, 15) is 4.79 Å². The highest BCUT2D eigenvalue weighted by Gasteiger charge is 2.22. The van der Waals surface area contributed by atoms with Gasteiger partial charge in [0.1, 0.15) is 16.9 Å². The summed E-state index contributed by atoms with van der Waals surface area (Å²) in [6, 6.07) is 7.80. The van der Waals surface area contributed by atoms with Crippen LogP contribution in [0.3, 0.4) is 0 Å². The van der Waals surface area contributed by atoms with Gasteiger partial charge in [0.05, 0.1) is 23.3 Å². The molecule has 4 aromatic rings. The Morgan fingerprint density at radius 1 is 1.23 bits per heavy atom. The average molecular weight is 407 g/mol. The second-order valence-electron chi connectivity index (χ2n) is 8.09. The Labute approximate surface area is 173 Å². The van der Waals surface area contributed by atoms with Gasteiger partial charge >= 0.3 is 6.09 Å². The maximum Gasteiger partial charge on any atom is 0.410 e. The summed E-state index contributed by atoms with van der Waals surface area (Å²) < 4.78 is 5.48. The number of ether oxygens (including phenoxy) is 1. The van der Waals surface area contributed by atoms with E-state index in [0.29, 0.717) is 23.7 Å². The number of benzene rings is 1. The summed E-state index contributed by atoms with van der Waals surface area (Å²) in [7, 11) is 0. The van der Waals surface area contributed by atoms with Crippen LogP contribution in [0, 0.1) is 0 Å². The Morgan fingerprint density at radius 3 is 2.70 bits per heavy atom. The quantitative estimate of drug-likeness (QED) is 0.472. The average Bonchev–Trinajstić information content (AvgIpc) is 3.34. The second kappa shape index (κ2) is 7.33. The molecule has 0 aliphatic heterocycles. The number of nitrogen functional groups attached to an aromatic ring is 1. The van der Waals surface area contributed by atoms with Crippen LogP contribution in [0.2, 0.25) is 0 Å². The molecule has 0 fully saturated rings. The van der Waals surface area contributed by atoms with Crippen molar-refractivity contribution in [2.24, 2.45) is 0 Å². The molecule has 0 unspecified atom stereocenters. The maximum absolute atomic E-state index is 12.5. The van der Waals surface area contributed by atoms with E-state index in [1.54, 1.807) is 11.1 Å². The van der Waals surface area contributed by atoms with Gasteiger partial charge in [0.15, 0.2) is 5.82 Å². The van der Waals surface area contributed by atoms with Crippen molar-refractivity contribution in [3.05, 3.63) is 36.3 Å². The van der Waals surface area contributed by atoms with Gasteiger partial charge in [0.2, 0.25) is 0 Å². The summed E-state index contributed by atoms with van der Waals surface area (Å²) >= 11 is 0. The molecule has 0 saturated heterocycles. The van der Waals surface area contributed by atoms with E-state index in [0.717, 1.165) is 27.7 Å². The third kappa shape index (κ3) is 3.78. The third-order valence-corrected chi connectivity index (χ3v) is 4.67. The first-order valence-corrected chi connectivity index (χ1v) is 9.81. The van der Waals surface area contributed by atoms with Gasteiger partial charge in [-0.3, -0.25) is 5.10 Å². The molecule has 3 aromatic heterocycles. The summed E-state index contributed by atoms with van der Waals surface area (Å²) in [6.07, 6.45) is 1.39. The fourth-order valence-corrected chi connectivity index (χ4v) is 3.29. The summed E-state index contributed by atoms with van der Waals surface area (Å²) in [5.74, 6) is 0.953. The van der Waals surface area contributed by atoms with Crippen LogP contribution in [0.1, 0.15) is 33.5 Å². The second-order valence-corrected chi connectivity index (χ2v) is 8.09. The topological polar surface area (TPSA) is 126 Å². The van der Waals surface area contributed by atoms with Crippen molar-refractivity contribution < 1.29 is 9.53 Å². The molecule has 3 heterocycles. The third-order valence-electron chi connectivity index (χ3n) is 4.67. The molecule has 1 aromatic carbocycles. The van der Waals surface area contributed by atoms with Crippen LogP contribution in [0.4, 0.5) is 10.6 Å². The highest BCUT2D eigenvalue weighted by atomic mass is 16.6. The number of anilines is 1. The Balaban J connectivity index is 1.70. The van der Waals surface area contributed by atoms with Gasteiger partial charge in [-0.25, -0.2) is 14.8 Å². The molecular formula is C21H25N7O2. The Bertz CT molecular complexity index is 1210. The van der Waals surface area contributed by atoms with Gasteiger partial charge in [-0.05, 0) is 45.9 Å². The molecule has 1 amide bonds. The molecule has 30 heavy (non-hydrogen) atoms. The Kier molecular flexibility index (Phi) is 4.81. The number of fused-ring (bicyclic) bond motifs is 3. The van der Waals surface area contributed by atoms with Crippen molar-refractivity contribution in [3.63, 3.8) is 0 Å². The number of pyridine rings is 1. The lowest BCUT2D eigenvalue weighted by Crippen LogP contribution is -2.36. The number of nitrogens with one attached hydrogen (secondary N) is 2. The molecule has 9 nitrogen and oxygen atoms in total. The van der Waals surface area contributed by atoms with E-state index >= 15 is 0 Å². The highest BCUT2D eigenvalue weighted by Crippen LogP contribution is 2.29. The minimum Gasteiger partial charge on any atom is -0.444 e. The smallest absolute Gasteiger partial charge is 0.410 e. The van der Waals surface area contributed by atoms with Crippen LogP contribution in [0.15, 0.2) is 30.5 Å². The SMILES string of the molecule is CCN(Cc1nc2c(N)nc3cc(-c4cc[nH]n4)ccc3c2[nH]1)C(=O)OC(C)(C)C. The lowest BCUT2D eigenvalue weighted by molar-refractivity contribution is 0.0240.